The van der Waals surface area contributed by atoms with Gasteiger partial charge in [-0.15, -0.1) is 0 Å². The maximum Gasteiger partial charge on any atom is 0.326 e. The van der Waals surface area contributed by atoms with Crippen molar-refractivity contribution in [1.29, 1.82) is 0 Å². The van der Waals surface area contributed by atoms with E-state index in [9.17, 15) is 73.2 Å². The molecule has 3 rings (SSSR count). The Morgan fingerprint density at radius 2 is 1.14 bits per heavy atom. The van der Waals surface area contributed by atoms with Crippen molar-refractivity contribution >= 4 is 87.8 Å². The Kier molecular flexibility index (Phi) is 25.3. The lowest BCUT2D eigenvalue weighted by Crippen LogP contribution is -2.62. The molecular weight excluding hydrogens is 1030 g/mol. The topological polar surface area (TPSA) is 410 Å². The average molecular weight is 1100 g/mol. The van der Waals surface area contributed by atoms with Crippen LogP contribution in [0.1, 0.15) is 93.1 Å². The zero-order chi connectivity index (χ0) is 58.0. The zero-order valence-corrected chi connectivity index (χ0v) is 45.7. The lowest BCUT2D eigenvalue weighted by molar-refractivity contribution is -0.143. The van der Waals surface area contributed by atoms with E-state index in [1.54, 1.807) is 40.1 Å². The lowest BCUT2D eigenvalue weighted by atomic mass is 10.0. The second-order valence-electron chi connectivity index (χ2n) is 19.9. The third-order valence-corrected chi connectivity index (χ3v) is 13.5. The molecule has 1 aromatic heterocycles. The predicted octanol–water partition coefficient (Wildman–Crippen LogP) is -2.28. The smallest absolute Gasteiger partial charge is 0.326 e. The van der Waals surface area contributed by atoms with Crippen LogP contribution >= 0.6 is 11.8 Å². The number of amides is 9. The summed E-state index contributed by atoms with van der Waals surface area (Å²) in [5, 5.41) is 60.4. The molecule has 1 fully saturated rings. The number of carboxylic acid groups (broad SMARTS) is 2. The van der Waals surface area contributed by atoms with Crippen LogP contribution in [0.5, 0.6) is 0 Å². The Bertz CT molecular complexity index is 2430. The van der Waals surface area contributed by atoms with E-state index in [4.69, 9.17) is 5.73 Å². The van der Waals surface area contributed by atoms with Crippen molar-refractivity contribution < 1.29 is 73.2 Å². The molecule has 0 saturated carbocycles. The highest BCUT2D eigenvalue weighted by molar-refractivity contribution is 7.98. The van der Waals surface area contributed by atoms with Gasteiger partial charge in [-0.1, -0.05) is 45.9 Å². The van der Waals surface area contributed by atoms with Gasteiger partial charge in [-0.3, -0.25) is 47.9 Å². The number of benzene rings is 1. The molecule has 1 aromatic carbocycles. The number of carboxylic acids is 2. The van der Waals surface area contributed by atoms with Crippen molar-refractivity contribution in [3.05, 3.63) is 36.0 Å². The van der Waals surface area contributed by atoms with E-state index in [1.165, 1.54) is 37.4 Å². The van der Waals surface area contributed by atoms with Gasteiger partial charge in [0.05, 0.1) is 18.2 Å². The van der Waals surface area contributed by atoms with E-state index in [0.29, 0.717) is 12.2 Å². The van der Waals surface area contributed by atoms with E-state index < -0.39 is 162 Å². The molecule has 1 saturated heterocycles. The first-order valence-electron chi connectivity index (χ1n) is 25.4. The SMILES string of the molecule is CSCC[C@H](NC(=O)[C@@H](NC(=O)[C@H](CCC(=O)O)NC(=O)[C@@H](NC(=O)[C@H](C)NC(=O)[C@@H]1CCCN1C(=O)[C@@H](N)Cc1c[nH]c2ccccc12)[C@@H](C)O)C(C)C)C(=O)N[C@H](C(=O)N[C@@H](C)C(=O)N[C@H](C(=O)O)C(C)C)[C@@H](C)O. The molecule has 9 amide bonds. The van der Waals surface area contributed by atoms with Gasteiger partial charge in [0.15, 0.2) is 0 Å². The summed E-state index contributed by atoms with van der Waals surface area (Å²) in [4.78, 5) is 150. The molecule has 2 heterocycles. The van der Waals surface area contributed by atoms with Gasteiger partial charge >= 0.3 is 11.9 Å². The van der Waals surface area contributed by atoms with Crippen molar-refractivity contribution in [1.82, 2.24) is 52.4 Å². The highest BCUT2D eigenvalue weighted by atomic mass is 32.2. The number of rotatable bonds is 30. The minimum Gasteiger partial charge on any atom is -0.481 e. The highest BCUT2D eigenvalue weighted by Gasteiger charge is 2.40. The maximum atomic E-state index is 13.9. The van der Waals surface area contributed by atoms with Gasteiger partial charge < -0.3 is 78.6 Å². The molecule has 12 atom stereocenters. The number of hydrogen-bond acceptors (Lipinski definition) is 15. The number of aromatic nitrogens is 1. The van der Waals surface area contributed by atoms with Gasteiger partial charge in [0.2, 0.25) is 53.2 Å². The van der Waals surface area contributed by atoms with Crippen LogP contribution in [-0.4, -0.2) is 187 Å². The molecule has 0 aliphatic carbocycles. The van der Waals surface area contributed by atoms with Crippen molar-refractivity contribution in [2.24, 2.45) is 17.6 Å². The van der Waals surface area contributed by atoms with Crippen LogP contribution in [0.2, 0.25) is 0 Å². The molecule has 1 aliphatic rings. The zero-order valence-electron chi connectivity index (χ0n) is 44.8. The summed E-state index contributed by atoms with van der Waals surface area (Å²) in [5.41, 5.74) is 8.06. The summed E-state index contributed by atoms with van der Waals surface area (Å²) in [6, 6.07) is -6.25. The molecule has 428 valence electrons. The number of H-pyrrole nitrogens is 1. The Balaban J connectivity index is 1.70. The van der Waals surface area contributed by atoms with Gasteiger partial charge in [-0.25, -0.2) is 4.79 Å². The van der Waals surface area contributed by atoms with E-state index in [1.807, 2.05) is 24.3 Å². The third kappa shape index (κ3) is 19.0. The molecule has 15 N–H and O–H groups in total. The van der Waals surface area contributed by atoms with E-state index in [-0.39, 0.29) is 25.8 Å². The fourth-order valence-electron chi connectivity index (χ4n) is 8.37. The molecule has 26 nitrogen and oxygen atoms in total. The molecule has 27 heteroatoms. The average Bonchev–Trinajstić information content (AvgIpc) is 4.02. The molecule has 0 unspecified atom stereocenters. The van der Waals surface area contributed by atoms with Gasteiger partial charge in [-0.2, -0.15) is 11.8 Å². The first kappa shape index (κ1) is 64.4. The lowest BCUT2D eigenvalue weighted by Gasteiger charge is -2.30. The van der Waals surface area contributed by atoms with Crippen LogP contribution in [0.3, 0.4) is 0 Å². The van der Waals surface area contributed by atoms with Crippen molar-refractivity contribution in [2.75, 3.05) is 18.6 Å². The molecular formula is C50H77N11O15S. The molecule has 2 aromatic rings. The summed E-state index contributed by atoms with van der Waals surface area (Å²) in [7, 11) is 0. The van der Waals surface area contributed by atoms with Crippen molar-refractivity contribution in [2.45, 2.75) is 167 Å². The van der Waals surface area contributed by atoms with Crippen LogP contribution in [-0.2, 0) is 59.2 Å². The number of nitrogens with one attached hydrogen (secondary N) is 9. The van der Waals surface area contributed by atoms with Gasteiger partial charge in [0.1, 0.15) is 54.4 Å². The second-order valence-corrected chi connectivity index (χ2v) is 20.9. The number of aliphatic carboxylic acids is 2. The molecule has 0 bridgehead atoms. The second kappa shape index (κ2) is 30.2. The number of thioether (sulfide) groups is 1. The van der Waals surface area contributed by atoms with Crippen LogP contribution in [0.25, 0.3) is 10.9 Å². The quantitative estimate of drug-likeness (QED) is 0.0392. The number of nitrogens with zero attached hydrogens (tertiary/aromatic N) is 1. The van der Waals surface area contributed by atoms with Crippen molar-refractivity contribution in [3.63, 3.8) is 0 Å². The fourth-order valence-corrected chi connectivity index (χ4v) is 8.84. The molecule has 0 radical (unpaired) electrons. The summed E-state index contributed by atoms with van der Waals surface area (Å²) in [6.07, 6.45) is 0.0761. The van der Waals surface area contributed by atoms with E-state index in [0.717, 1.165) is 23.4 Å². The molecule has 0 spiro atoms. The number of para-hydroxylation sites is 1. The van der Waals surface area contributed by atoms with Crippen LogP contribution in [0, 0.1) is 11.8 Å². The summed E-state index contributed by atoms with van der Waals surface area (Å²) >= 11 is 1.30. The van der Waals surface area contributed by atoms with Crippen LogP contribution in [0.15, 0.2) is 30.5 Å². The number of aromatic amines is 1. The number of carbonyl (C=O) groups excluding carboxylic acids is 9. The Morgan fingerprint density at radius 3 is 1.68 bits per heavy atom. The molecule has 1 aliphatic heterocycles. The summed E-state index contributed by atoms with van der Waals surface area (Å²) < 4.78 is 0. The number of aliphatic hydroxyl groups excluding tert-OH is 2. The van der Waals surface area contributed by atoms with Crippen LogP contribution in [0.4, 0.5) is 0 Å². The number of nitrogens with two attached hydrogens (primary N) is 1. The number of carbonyl (C=O) groups is 11. The minimum absolute atomic E-state index is 0.0250. The monoisotopic (exact) mass is 1100 g/mol. The van der Waals surface area contributed by atoms with E-state index >= 15 is 0 Å². The fraction of sp³-hybridized carbons (Fsp3) is 0.620. The Hall–Kier alpha value is -6.84. The normalized spacial score (nSPS) is 17.7. The first-order chi connectivity index (χ1) is 36.1. The Morgan fingerprint density at radius 1 is 0.649 bits per heavy atom. The standard InChI is InChI=1S/C50H77N11O15S/c1-23(2)37(46(71)56-34(18-20-77-9)44(69)60-39(27(7)62)47(72)54-26(6)41(66)58-38(24(3)4)50(75)76)57-43(68)33(16-17-36(64)65)55-48(73)40(28(8)63)59-42(67)25(5)53-45(70)35-15-12-19-61(35)49(74)31(51)21-29-22-52-32-14-11-10-13-30(29)32/h10-11,13-14,22-28,31,33-35,37-40,52,62-63H,12,15-21,51H2,1-9H3,(H,53,70)(H,54,72)(H,55,73)(H,56,71)(H,57,68)(H,58,66)(H,59,67)(H,60,69)(H,64,65)(H,75,76)/t25-,26-,27+,28+,31-,33-,34-,35-,37-,38-,39-,40-/m0/s1. The third-order valence-electron chi connectivity index (χ3n) is 12.9. The predicted molar refractivity (Wildman–Crippen MR) is 282 cm³/mol. The number of likely N-dealkylation sites (tertiary alicyclic amines) is 1. The number of fused-ring (bicyclic) bond motifs is 1. The van der Waals surface area contributed by atoms with Gasteiger partial charge in [0.25, 0.3) is 0 Å². The van der Waals surface area contributed by atoms with Gasteiger partial charge in [0, 0.05) is 30.1 Å². The maximum absolute atomic E-state index is 13.9. The minimum atomic E-state index is -1.77. The van der Waals surface area contributed by atoms with Gasteiger partial charge in [-0.05, 0) is 95.3 Å². The summed E-state index contributed by atoms with van der Waals surface area (Å²) in [6.45, 7) is 11.4. The van der Waals surface area contributed by atoms with E-state index in [2.05, 4.69) is 47.5 Å². The highest BCUT2D eigenvalue weighted by Crippen LogP contribution is 2.23. The number of aliphatic hydroxyl groups is 2. The Labute approximate surface area is 450 Å². The summed E-state index contributed by atoms with van der Waals surface area (Å²) in [5.74, 6) is -11.6. The van der Waals surface area contributed by atoms with Crippen molar-refractivity contribution in [3.8, 4) is 0 Å². The largest absolute Gasteiger partial charge is 0.481 e. The van der Waals surface area contributed by atoms with Crippen LogP contribution < -0.4 is 48.3 Å². The number of hydrogen-bond donors (Lipinski definition) is 14. The molecule has 77 heavy (non-hydrogen) atoms. The first-order valence-corrected chi connectivity index (χ1v) is 26.8.